The molecule has 172 valence electrons. The normalized spacial score (nSPS) is 17.3. The van der Waals surface area contributed by atoms with Crippen molar-refractivity contribution in [1.29, 1.82) is 0 Å². The minimum Gasteiger partial charge on any atom is -0.493 e. The first-order chi connectivity index (χ1) is 15.1. The number of benzene rings is 1. The number of hydrogen-bond acceptors (Lipinski definition) is 5. The van der Waals surface area contributed by atoms with Crippen molar-refractivity contribution < 1.29 is 14.3 Å². The molecule has 1 aliphatic carbocycles. The van der Waals surface area contributed by atoms with Gasteiger partial charge < -0.3 is 25.0 Å². The number of rotatable bonds is 11. The standard InChI is InChI=1S/C23H37N5O3/c1-27(2)22(29)17-26-23(24-10-5-11-28-12-14-30-15-13-28)25-16-20-6-3-4-7-21(20)31-18-19-8-9-19/h3-4,6-7,19H,5,8-18H2,1-2H3,(H2,24,25,26). The smallest absolute Gasteiger partial charge is 0.241 e. The fourth-order valence-electron chi connectivity index (χ4n) is 3.26. The molecule has 31 heavy (non-hydrogen) atoms. The van der Waals surface area contributed by atoms with Gasteiger partial charge in [-0.25, -0.2) is 4.99 Å². The number of guanidine groups is 1. The number of ether oxygens (including phenoxy) is 2. The Kier molecular flexibility index (Phi) is 9.42. The van der Waals surface area contributed by atoms with Crippen LogP contribution >= 0.6 is 0 Å². The first-order valence-electron chi connectivity index (χ1n) is 11.3. The Balaban J connectivity index is 1.52. The van der Waals surface area contributed by atoms with Crippen LogP contribution in [0.3, 0.4) is 0 Å². The van der Waals surface area contributed by atoms with Gasteiger partial charge in [-0.15, -0.1) is 0 Å². The van der Waals surface area contributed by atoms with Gasteiger partial charge in [-0.1, -0.05) is 18.2 Å². The zero-order valence-corrected chi connectivity index (χ0v) is 18.9. The van der Waals surface area contributed by atoms with Crippen LogP contribution in [-0.2, 0) is 16.1 Å². The maximum absolute atomic E-state index is 12.0. The lowest BCUT2D eigenvalue weighted by molar-refractivity contribution is -0.127. The fourth-order valence-corrected chi connectivity index (χ4v) is 3.26. The van der Waals surface area contributed by atoms with E-state index < -0.39 is 0 Å². The molecule has 0 radical (unpaired) electrons. The largest absolute Gasteiger partial charge is 0.493 e. The molecule has 0 bridgehead atoms. The van der Waals surface area contributed by atoms with E-state index in [4.69, 9.17) is 14.5 Å². The van der Waals surface area contributed by atoms with E-state index in [1.165, 1.54) is 12.8 Å². The Bertz CT molecular complexity index is 715. The zero-order chi connectivity index (χ0) is 21.9. The highest BCUT2D eigenvalue weighted by Crippen LogP contribution is 2.30. The quantitative estimate of drug-likeness (QED) is 0.313. The SMILES string of the molecule is CN(C)C(=O)CNC(=NCc1ccccc1OCC1CC1)NCCCN1CCOCC1. The third-order valence-corrected chi connectivity index (χ3v) is 5.50. The zero-order valence-electron chi connectivity index (χ0n) is 18.9. The molecule has 1 saturated heterocycles. The van der Waals surface area contributed by atoms with Crippen molar-refractivity contribution in [3.8, 4) is 5.75 Å². The van der Waals surface area contributed by atoms with Gasteiger partial charge in [0.2, 0.25) is 5.91 Å². The average molecular weight is 432 g/mol. The van der Waals surface area contributed by atoms with Crippen molar-refractivity contribution in [2.75, 3.05) is 66.6 Å². The van der Waals surface area contributed by atoms with Crippen molar-refractivity contribution >= 4 is 11.9 Å². The molecule has 3 rings (SSSR count). The molecule has 1 aliphatic heterocycles. The molecule has 2 fully saturated rings. The Labute approximate surface area is 186 Å². The Morgan fingerprint density at radius 3 is 2.74 bits per heavy atom. The summed E-state index contributed by atoms with van der Waals surface area (Å²) in [6, 6.07) is 8.06. The topological polar surface area (TPSA) is 78.4 Å². The fraction of sp³-hybridized carbons (Fsp3) is 0.652. The van der Waals surface area contributed by atoms with Gasteiger partial charge in [-0.3, -0.25) is 9.69 Å². The van der Waals surface area contributed by atoms with Crippen LogP contribution in [0.15, 0.2) is 29.3 Å². The first kappa shape index (κ1) is 23.3. The molecule has 0 aromatic heterocycles. The van der Waals surface area contributed by atoms with E-state index in [9.17, 15) is 4.79 Å². The molecule has 1 aromatic carbocycles. The number of likely N-dealkylation sites (N-methyl/N-ethyl adjacent to an activating group) is 1. The summed E-state index contributed by atoms with van der Waals surface area (Å²) >= 11 is 0. The molecule has 8 nitrogen and oxygen atoms in total. The summed E-state index contributed by atoms with van der Waals surface area (Å²) in [4.78, 5) is 20.7. The molecule has 8 heteroatoms. The monoisotopic (exact) mass is 431 g/mol. The number of hydrogen-bond donors (Lipinski definition) is 2. The van der Waals surface area contributed by atoms with Crippen LogP contribution < -0.4 is 15.4 Å². The minimum atomic E-state index is 0.0102. The van der Waals surface area contributed by atoms with Crippen LogP contribution in [0.4, 0.5) is 0 Å². The van der Waals surface area contributed by atoms with Gasteiger partial charge in [0.1, 0.15) is 5.75 Å². The minimum absolute atomic E-state index is 0.0102. The molecular weight excluding hydrogens is 394 g/mol. The molecule has 1 heterocycles. The number of nitrogens with zero attached hydrogens (tertiary/aromatic N) is 3. The summed E-state index contributed by atoms with van der Waals surface area (Å²) in [7, 11) is 3.51. The van der Waals surface area contributed by atoms with Gasteiger partial charge in [0.05, 0.1) is 32.9 Å². The van der Waals surface area contributed by atoms with Crippen LogP contribution in [-0.4, -0.2) is 88.3 Å². The van der Waals surface area contributed by atoms with Crippen LogP contribution in [0.1, 0.15) is 24.8 Å². The van der Waals surface area contributed by atoms with Crippen molar-refractivity contribution in [2.24, 2.45) is 10.9 Å². The maximum atomic E-state index is 12.0. The van der Waals surface area contributed by atoms with Gasteiger partial charge in [0, 0.05) is 39.3 Å². The van der Waals surface area contributed by atoms with Gasteiger partial charge in [-0.2, -0.15) is 0 Å². The Morgan fingerprint density at radius 1 is 1.23 bits per heavy atom. The third kappa shape index (κ3) is 8.75. The summed E-state index contributed by atoms with van der Waals surface area (Å²) in [6.07, 6.45) is 3.54. The predicted molar refractivity (Wildman–Crippen MR) is 122 cm³/mol. The van der Waals surface area contributed by atoms with Crippen LogP contribution in [0, 0.1) is 5.92 Å². The summed E-state index contributed by atoms with van der Waals surface area (Å²) in [5.74, 6) is 2.26. The van der Waals surface area contributed by atoms with Crippen molar-refractivity contribution in [3.63, 3.8) is 0 Å². The second kappa shape index (κ2) is 12.5. The Morgan fingerprint density at radius 2 is 2.00 bits per heavy atom. The summed E-state index contributed by atoms with van der Waals surface area (Å²) < 4.78 is 11.4. The number of carbonyl (C=O) groups excluding carboxylic acids is 1. The van der Waals surface area contributed by atoms with E-state index in [1.807, 2.05) is 24.3 Å². The predicted octanol–water partition coefficient (Wildman–Crippen LogP) is 1.32. The van der Waals surface area contributed by atoms with E-state index in [0.717, 1.165) is 63.7 Å². The number of para-hydroxylation sites is 1. The molecule has 0 spiro atoms. The Hall–Kier alpha value is -2.32. The van der Waals surface area contributed by atoms with Crippen molar-refractivity contribution in [3.05, 3.63) is 29.8 Å². The number of aliphatic imine (C=N–C) groups is 1. The highest BCUT2D eigenvalue weighted by atomic mass is 16.5. The van der Waals surface area contributed by atoms with E-state index in [0.29, 0.717) is 18.4 Å². The second-order valence-electron chi connectivity index (χ2n) is 8.40. The number of carbonyl (C=O) groups is 1. The number of nitrogens with one attached hydrogen (secondary N) is 2. The maximum Gasteiger partial charge on any atom is 0.241 e. The lowest BCUT2D eigenvalue weighted by atomic mass is 10.2. The van der Waals surface area contributed by atoms with Gasteiger partial charge in [0.15, 0.2) is 5.96 Å². The van der Waals surface area contributed by atoms with Crippen molar-refractivity contribution in [1.82, 2.24) is 20.4 Å². The van der Waals surface area contributed by atoms with Crippen molar-refractivity contribution in [2.45, 2.75) is 25.8 Å². The van der Waals surface area contributed by atoms with Gasteiger partial charge >= 0.3 is 0 Å². The lowest BCUT2D eigenvalue weighted by Gasteiger charge is -2.26. The summed E-state index contributed by atoms with van der Waals surface area (Å²) in [5.41, 5.74) is 1.05. The van der Waals surface area contributed by atoms with Gasteiger partial charge in [-0.05, 0) is 37.8 Å². The average Bonchev–Trinajstić information content (AvgIpc) is 3.62. The highest BCUT2D eigenvalue weighted by molar-refractivity contribution is 5.86. The highest BCUT2D eigenvalue weighted by Gasteiger charge is 2.22. The summed E-state index contributed by atoms with van der Waals surface area (Å²) in [6.45, 7) is 6.92. The first-order valence-corrected chi connectivity index (χ1v) is 11.3. The number of morpholine rings is 1. The molecule has 1 aromatic rings. The van der Waals surface area contributed by atoms with E-state index >= 15 is 0 Å². The molecular formula is C23H37N5O3. The van der Waals surface area contributed by atoms with Crippen LogP contribution in [0.2, 0.25) is 0 Å². The van der Waals surface area contributed by atoms with E-state index in [2.05, 4.69) is 15.5 Å². The molecule has 0 atom stereocenters. The van der Waals surface area contributed by atoms with E-state index in [1.54, 1.807) is 19.0 Å². The molecule has 1 amide bonds. The molecule has 1 saturated carbocycles. The van der Waals surface area contributed by atoms with Crippen LogP contribution in [0.25, 0.3) is 0 Å². The molecule has 2 N–H and O–H groups in total. The van der Waals surface area contributed by atoms with Gasteiger partial charge in [0.25, 0.3) is 0 Å². The second-order valence-corrected chi connectivity index (χ2v) is 8.40. The van der Waals surface area contributed by atoms with Crippen LogP contribution in [0.5, 0.6) is 5.75 Å². The third-order valence-electron chi connectivity index (χ3n) is 5.50. The molecule has 0 unspecified atom stereocenters. The van der Waals surface area contributed by atoms with E-state index in [-0.39, 0.29) is 12.5 Å². The molecule has 2 aliphatic rings. The number of amides is 1. The lowest BCUT2D eigenvalue weighted by Crippen LogP contribution is -2.44. The summed E-state index contributed by atoms with van der Waals surface area (Å²) in [5, 5.41) is 6.54.